The van der Waals surface area contributed by atoms with Gasteiger partial charge in [-0.25, -0.2) is 0 Å². The standard InChI is InChI=1S/C7H14NO/c1-6(2)8-4-3-7(9)5-8/h6,9H,3-5H2,1-2H3. The van der Waals surface area contributed by atoms with Crippen molar-refractivity contribution in [3.05, 3.63) is 6.10 Å². The Hall–Kier alpha value is -0.0800. The van der Waals surface area contributed by atoms with Gasteiger partial charge in [-0.3, -0.25) is 4.90 Å². The van der Waals surface area contributed by atoms with Crippen LogP contribution in [-0.2, 0) is 0 Å². The van der Waals surface area contributed by atoms with Crippen molar-refractivity contribution in [3.8, 4) is 0 Å². The SMILES string of the molecule is CC(C)N1CC[C](O)C1. The Labute approximate surface area is 56.5 Å². The van der Waals surface area contributed by atoms with E-state index < -0.39 is 0 Å². The molecule has 0 saturated carbocycles. The Balaban J connectivity index is 2.30. The van der Waals surface area contributed by atoms with Crippen LogP contribution in [-0.4, -0.2) is 29.1 Å². The molecular weight excluding hydrogens is 114 g/mol. The highest BCUT2D eigenvalue weighted by Crippen LogP contribution is 2.16. The molecule has 1 fully saturated rings. The maximum Gasteiger partial charge on any atom is 0.108 e. The fraction of sp³-hybridized carbons (Fsp3) is 0.857. The van der Waals surface area contributed by atoms with Crippen molar-refractivity contribution >= 4 is 0 Å². The number of aliphatic hydroxyl groups excluding tert-OH is 1. The Morgan fingerprint density at radius 3 is 2.44 bits per heavy atom. The summed E-state index contributed by atoms with van der Waals surface area (Å²) < 4.78 is 0. The molecule has 1 N–H and O–H groups in total. The van der Waals surface area contributed by atoms with Gasteiger partial charge in [-0.2, -0.15) is 0 Å². The van der Waals surface area contributed by atoms with Gasteiger partial charge in [0.2, 0.25) is 0 Å². The van der Waals surface area contributed by atoms with Gasteiger partial charge in [-0.05, 0) is 20.3 Å². The average molecular weight is 128 g/mol. The molecule has 0 aliphatic carbocycles. The zero-order valence-corrected chi connectivity index (χ0v) is 6.09. The molecule has 2 heteroatoms. The number of nitrogens with zero attached hydrogens (tertiary/aromatic N) is 1. The van der Waals surface area contributed by atoms with E-state index in [4.69, 9.17) is 5.11 Å². The number of hydrogen-bond acceptors (Lipinski definition) is 2. The molecule has 1 radical (unpaired) electrons. The molecular formula is C7H14NO. The number of likely N-dealkylation sites (tertiary alicyclic amines) is 1. The summed E-state index contributed by atoms with van der Waals surface area (Å²) in [6.45, 7) is 6.12. The fourth-order valence-electron chi connectivity index (χ4n) is 1.11. The van der Waals surface area contributed by atoms with E-state index in [1.165, 1.54) is 0 Å². The van der Waals surface area contributed by atoms with Gasteiger partial charge >= 0.3 is 0 Å². The van der Waals surface area contributed by atoms with E-state index in [-0.39, 0.29) is 0 Å². The minimum Gasteiger partial charge on any atom is -0.385 e. The van der Waals surface area contributed by atoms with Crippen molar-refractivity contribution < 1.29 is 5.11 Å². The van der Waals surface area contributed by atoms with Crippen molar-refractivity contribution in [1.82, 2.24) is 4.90 Å². The van der Waals surface area contributed by atoms with Crippen LogP contribution in [0.5, 0.6) is 0 Å². The second kappa shape index (κ2) is 2.67. The van der Waals surface area contributed by atoms with Crippen molar-refractivity contribution in [2.45, 2.75) is 26.3 Å². The molecule has 0 aromatic rings. The molecule has 0 unspecified atom stereocenters. The second-order valence-corrected chi connectivity index (χ2v) is 2.88. The van der Waals surface area contributed by atoms with Gasteiger partial charge in [0.05, 0.1) is 0 Å². The summed E-state index contributed by atoms with van der Waals surface area (Å²) in [4.78, 5) is 2.26. The quantitative estimate of drug-likeness (QED) is 0.569. The molecule has 0 spiro atoms. The first-order valence-electron chi connectivity index (χ1n) is 3.48. The van der Waals surface area contributed by atoms with E-state index in [9.17, 15) is 0 Å². The van der Waals surface area contributed by atoms with E-state index in [1.807, 2.05) is 0 Å². The molecule has 0 aromatic heterocycles. The summed E-state index contributed by atoms with van der Waals surface area (Å²) in [5.74, 6) is 0. The summed E-state index contributed by atoms with van der Waals surface area (Å²) >= 11 is 0. The van der Waals surface area contributed by atoms with Gasteiger partial charge in [0.1, 0.15) is 6.10 Å². The summed E-state index contributed by atoms with van der Waals surface area (Å²) in [5, 5.41) is 9.02. The Kier molecular flexibility index (Phi) is 2.09. The van der Waals surface area contributed by atoms with Crippen LogP contribution >= 0.6 is 0 Å². The highest BCUT2D eigenvalue weighted by Gasteiger charge is 2.22. The maximum absolute atomic E-state index is 9.02. The van der Waals surface area contributed by atoms with Gasteiger partial charge in [-0.15, -0.1) is 0 Å². The Morgan fingerprint density at radius 2 is 2.22 bits per heavy atom. The van der Waals surface area contributed by atoms with Crippen LogP contribution in [0.15, 0.2) is 0 Å². The summed E-state index contributed by atoms with van der Waals surface area (Å²) in [5.41, 5.74) is 0. The lowest BCUT2D eigenvalue weighted by Crippen LogP contribution is -2.27. The van der Waals surface area contributed by atoms with Crippen molar-refractivity contribution in [2.24, 2.45) is 0 Å². The molecule has 1 heterocycles. The zero-order valence-electron chi connectivity index (χ0n) is 6.09. The summed E-state index contributed by atoms with van der Waals surface area (Å²) in [6, 6.07) is 0.578. The molecule has 53 valence electrons. The fourth-order valence-corrected chi connectivity index (χ4v) is 1.11. The molecule has 0 atom stereocenters. The van der Waals surface area contributed by atoms with Gasteiger partial charge in [-0.1, -0.05) is 0 Å². The lowest BCUT2D eigenvalue weighted by atomic mass is 10.3. The van der Waals surface area contributed by atoms with Gasteiger partial charge < -0.3 is 5.11 Å². The molecule has 1 saturated heterocycles. The Morgan fingerprint density at radius 1 is 1.56 bits per heavy atom. The van der Waals surface area contributed by atoms with Crippen LogP contribution in [0.2, 0.25) is 0 Å². The van der Waals surface area contributed by atoms with E-state index in [2.05, 4.69) is 18.7 Å². The Bertz CT molecular complexity index is 92.9. The third-order valence-electron chi connectivity index (χ3n) is 1.80. The average Bonchev–Trinajstić information content (AvgIpc) is 2.14. The molecule has 1 aliphatic heterocycles. The lowest BCUT2D eigenvalue weighted by molar-refractivity contribution is 0.241. The first-order chi connectivity index (χ1) is 4.20. The minimum absolute atomic E-state index is 0.578. The molecule has 0 aromatic carbocycles. The predicted molar refractivity (Wildman–Crippen MR) is 36.5 cm³/mol. The van der Waals surface area contributed by atoms with Crippen LogP contribution in [0.25, 0.3) is 0 Å². The van der Waals surface area contributed by atoms with E-state index in [0.29, 0.717) is 12.1 Å². The topological polar surface area (TPSA) is 23.5 Å². The minimum atomic E-state index is 0.578. The highest BCUT2D eigenvalue weighted by molar-refractivity contribution is 4.89. The monoisotopic (exact) mass is 128 g/mol. The van der Waals surface area contributed by atoms with E-state index in [0.717, 1.165) is 19.5 Å². The first-order valence-corrected chi connectivity index (χ1v) is 3.48. The van der Waals surface area contributed by atoms with Crippen LogP contribution in [0.1, 0.15) is 20.3 Å². The van der Waals surface area contributed by atoms with Gasteiger partial charge in [0, 0.05) is 19.1 Å². The van der Waals surface area contributed by atoms with Crippen molar-refractivity contribution in [1.29, 1.82) is 0 Å². The van der Waals surface area contributed by atoms with Crippen LogP contribution in [0.4, 0.5) is 0 Å². The van der Waals surface area contributed by atoms with Crippen LogP contribution in [0.3, 0.4) is 0 Å². The highest BCUT2D eigenvalue weighted by atomic mass is 16.3. The molecule has 0 bridgehead atoms. The van der Waals surface area contributed by atoms with Crippen LogP contribution in [0, 0.1) is 6.10 Å². The molecule has 1 aliphatic rings. The molecule has 0 amide bonds. The summed E-state index contributed by atoms with van der Waals surface area (Å²) in [6.07, 6.45) is 1.52. The van der Waals surface area contributed by atoms with E-state index >= 15 is 0 Å². The molecule has 9 heavy (non-hydrogen) atoms. The smallest absolute Gasteiger partial charge is 0.108 e. The third-order valence-corrected chi connectivity index (χ3v) is 1.80. The molecule has 1 rings (SSSR count). The van der Waals surface area contributed by atoms with E-state index in [1.54, 1.807) is 0 Å². The first kappa shape index (κ1) is 7.03. The predicted octanol–water partition coefficient (Wildman–Crippen LogP) is 1.00. The largest absolute Gasteiger partial charge is 0.385 e. The normalized spacial score (nSPS) is 24.0. The zero-order chi connectivity index (χ0) is 6.85. The van der Waals surface area contributed by atoms with Crippen molar-refractivity contribution in [2.75, 3.05) is 13.1 Å². The number of hydrogen-bond donors (Lipinski definition) is 1. The summed E-state index contributed by atoms with van der Waals surface area (Å²) in [7, 11) is 0. The molecule has 2 nitrogen and oxygen atoms in total. The van der Waals surface area contributed by atoms with Crippen LogP contribution < -0.4 is 0 Å². The second-order valence-electron chi connectivity index (χ2n) is 2.88. The maximum atomic E-state index is 9.02. The number of rotatable bonds is 1. The van der Waals surface area contributed by atoms with Gasteiger partial charge in [0.25, 0.3) is 0 Å². The third kappa shape index (κ3) is 1.66. The van der Waals surface area contributed by atoms with Crippen molar-refractivity contribution in [3.63, 3.8) is 0 Å². The number of aliphatic hydroxyl groups is 1. The lowest BCUT2D eigenvalue weighted by Gasteiger charge is -2.18. The van der Waals surface area contributed by atoms with Gasteiger partial charge in [0.15, 0.2) is 0 Å².